The van der Waals surface area contributed by atoms with Gasteiger partial charge in [0.1, 0.15) is 0 Å². The standard InChI is InChI=1S/C16H7F6NO2/c17-15(18,19)8-5-9(16(20,21)22)7-10(6-8)23-13(24)11-3-1-2-4-12(11)14(23)25/h1-7H. The van der Waals surface area contributed by atoms with Crippen molar-refractivity contribution in [2.75, 3.05) is 4.90 Å². The molecule has 1 aliphatic rings. The zero-order chi connectivity index (χ0) is 18.6. The number of benzene rings is 2. The van der Waals surface area contributed by atoms with Crippen LogP contribution in [0.4, 0.5) is 32.0 Å². The number of nitrogens with zero attached hydrogens (tertiary/aromatic N) is 1. The molecule has 0 saturated heterocycles. The van der Waals surface area contributed by atoms with Gasteiger partial charge in [-0.3, -0.25) is 9.59 Å². The molecule has 0 unspecified atom stereocenters. The molecule has 2 aromatic carbocycles. The van der Waals surface area contributed by atoms with Gasteiger partial charge in [0, 0.05) is 0 Å². The summed E-state index contributed by atoms with van der Waals surface area (Å²) in [5, 5.41) is 0. The van der Waals surface area contributed by atoms with Crippen LogP contribution in [0.5, 0.6) is 0 Å². The van der Waals surface area contributed by atoms with Gasteiger partial charge in [-0.25, -0.2) is 4.90 Å². The van der Waals surface area contributed by atoms with Gasteiger partial charge in [-0.15, -0.1) is 0 Å². The molecule has 0 radical (unpaired) electrons. The first-order chi connectivity index (χ1) is 11.5. The lowest BCUT2D eigenvalue weighted by molar-refractivity contribution is -0.143. The second-order valence-electron chi connectivity index (χ2n) is 5.26. The molecule has 3 rings (SSSR count). The van der Waals surface area contributed by atoms with E-state index in [1.165, 1.54) is 24.3 Å². The first-order valence-electron chi connectivity index (χ1n) is 6.77. The van der Waals surface area contributed by atoms with E-state index in [9.17, 15) is 35.9 Å². The molecule has 0 saturated carbocycles. The second kappa shape index (κ2) is 5.33. The average Bonchev–Trinajstić information content (AvgIpc) is 2.77. The molecule has 2 aromatic rings. The summed E-state index contributed by atoms with van der Waals surface area (Å²) in [5.41, 5.74) is -4.16. The molecule has 0 fully saturated rings. The minimum absolute atomic E-state index is 0.0678. The molecular weight excluding hydrogens is 352 g/mol. The number of carbonyl (C=O) groups excluding carboxylic acids is 2. The summed E-state index contributed by atoms with van der Waals surface area (Å²) in [4.78, 5) is 24.9. The van der Waals surface area contributed by atoms with Crippen molar-refractivity contribution in [2.24, 2.45) is 0 Å². The fourth-order valence-corrected chi connectivity index (χ4v) is 2.49. The zero-order valence-corrected chi connectivity index (χ0v) is 12.1. The van der Waals surface area contributed by atoms with Crippen LogP contribution in [0.2, 0.25) is 0 Å². The quantitative estimate of drug-likeness (QED) is 0.554. The lowest BCUT2D eigenvalue weighted by atomic mass is 10.1. The lowest BCUT2D eigenvalue weighted by Gasteiger charge is -2.19. The van der Waals surface area contributed by atoms with Gasteiger partial charge in [0.2, 0.25) is 0 Å². The maximum absolute atomic E-state index is 12.9. The first kappa shape index (κ1) is 17.0. The van der Waals surface area contributed by atoms with Crippen molar-refractivity contribution in [3.63, 3.8) is 0 Å². The highest BCUT2D eigenvalue weighted by atomic mass is 19.4. The summed E-state index contributed by atoms with van der Waals surface area (Å²) < 4.78 is 77.5. The fraction of sp³-hybridized carbons (Fsp3) is 0.125. The number of hydrogen-bond acceptors (Lipinski definition) is 2. The van der Waals surface area contributed by atoms with E-state index in [2.05, 4.69) is 0 Å². The Bertz CT molecular complexity index is 818. The number of hydrogen-bond donors (Lipinski definition) is 0. The molecule has 0 bridgehead atoms. The van der Waals surface area contributed by atoms with Gasteiger partial charge in [0.05, 0.1) is 27.9 Å². The minimum atomic E-state index is -5.07. The van der Waals surface area contributed by atoms with Crippen LogP contribution in [0.1, 0.15) is 31.8 Å². The molecule has 9 heteroatoms. The van der Waals surface area contributed by atoms with E-state index in [1.807, 2.05) is 0 Å². The van der Waals surface area contributed by atoms with E-state index < -0.39 is 41.0 Å². The number of imide groups is 1. The Hall–Kier alpha value is -2.84. The largest absolute Gasteiger partial charge is 0.416 e. The number of anilines is 1. The lowest BCUT2D eigenvalue weighted by Crippen LogP contribution is -2.30. The number of halogens is 6. The van der Waals surface area contributed by atoms with Crippen molar-refractivity contribution in [2.45, 2.75) is 12.4 Å². The minimum Gasteiger partial charge on any atom is -0.268 e. The van der Waals surface area contributed by atoms with Crippen molar-refractivity contribution in [1.82, 2.24) is 0 Å². The predicted molar refractivity (Wildman–Crippen MR) is 74.0 cm³/mol. The number of rotatable bonds is 1. The van der Waals surface area contributed by atoms with Crippen molar-refractivity contribution in [1.29, 1.82) is 0 Å². The molecule has 3 nitrogen and oxygen atoms in total. The molecule has 0 N–H and O–H groups in total. The molecule has 1 heterocycles. The Kier molecular flexibility index (Phi) is 3.63. The van der Waals surface area contributed by atoms with E-state index in [-0.39, 0.29) is 17.2 Å². The summed E-state index contributed by atoms with van der Waals surface area (Å²) in [6.07, 6.45) is -10.1. The summed E-state index contributed by atoms with van der Waals surface area (Å²) >= 11 is 0. The van der Waals surface area contributed by atoms with Crippen LogP contribution in [0.3, 0.4) is 0 Å². The molecule has 1 aliphatic heterocycles. The Labute approximate surface area is 136 Å². The van der Waals surface area contributed by atoms with E-state index in [0.29, 0.717) is 17.0 Å². The number of carbonyl (C=O) groups is 2. The molecule has 25 heavy (non-hydrogen) atoms. The first-order valence-corrected chi connectivity index (χ1v) is 6.77. The highest BCUT2D eigenvalue weighted by Gasteiger charge is 2.41. The van der Waals surface area contributed by atoms with E-state index in [1.54, 1.807) is 0 Å². The molecular formula is C16H7F6NO2. The number of alkyl halides is 6. The predicted octanol–water partition coefficient (Wildman–Crippen LogP) is 4.52. The molecule has 0 atom stereocenters. The molecule has 0 spiro atoms. The van der Waals surface area contributed by atoms with Crippen LogP contribution in [-0.4, -0.2) is 11.8 Å². The van der Waals surface area contributed by atoms with E-state index >= 15 is 0 Å². The molecule has 130 valence electrons. The number of fused-ring (bicyclic) bond motifs is 1. The Morgan fingerprint density at radius 2 is 1.08 bits per heavy atom. The molecule has 0 aliphatic carbocycles. The monoisotopic (exact) mass is 359 g/mol. The summed E-state index contributed by atoms with van der Waals surface area (Å²) in [6.45, 7) is 0. The SMILES string of the molecule is O=C1c2ccccc2C(=O)N1c1cc(C(F)(F)F)cc(C(F)(F)F)c1. The Balaban J connectivity index is 2.18. The van der Waals surface area contributed by atoms with Gasteiger partial charge in [0.25, 0.3) is 11.8 Å². The maximum Gasteiger partial charge on any atom is 0.416 e. The highest BCUT2D eigenvalue weighted by molar-refractivity contribution is 6.34. The molecule has 2 amide bonds. The van der Waals surface area contributed by atoms with Crippen molar-refractivity contribution >= 4 is 17.5 Å². The maximum atomic E-state index is 12.9. The van der Waals surface area contributed by atoms with Gasteiger partial charge in [-0.2, -0.15) is 26.3 Å². The van der Waals surface area contributed by atoms with Gasteiger partial charge in [0.15, 0.2) is 0 Å². The average molecular weight is 359 g/mol. The van der Waals surface area contributed by atoms with Gasteiger partial charge < -0.3 is 0 Å². The smallest absolute Gasteiger partial charge is 0.268 e. The van der Waals surface area contributed by atoms with Gasteiger partial charge in [-0.05, 0) is 30.3 Å². The van der Waals surface area contributed by atoms with E-state index in [0.717, 1.165) is 0 Å². The van der Waals surface area contributed by atoms with Crippen LogP contribution in [0.15, 0.2) is 42.5 Å². The molecule has 0 aromatic heterocycles. The number of amides is 2. The van der Waals surface area contributed by atoms with Crippen LogP contribution in [-0.2, 0) is 12.4 Å². The second-order valence-corrected chi connectivity index (χ2v) is 5.26. The fourth-order valence-electron chi connectivity index (χ4n) is 2.49. The topological polar surface area (TPSA) is 37.4 Å². The van der Waals surface area contributed by atoms with Crippen molar-refractivity contribution < 1.29 is 35.9 Å². The third kappa shape index (κ3) is 2.86. The van der Waals surface area contributed by atoms with Crippen LogP contribution < -0.4 is 4.90 Å². The highest BCUT2D eigenvalue weighted by Crippen LogP contribution is 2.39. The van der Waals surface area contributed by atoms with Crippen molar-refractivity contribution in [3.8, 4) is 0 Å². The van der Waals surface area contributed by atoms with E-state index in [4.69, 9.17) is 0 Å². The third-order valence-electron chi connectivity index (χ3n) is 3.62. The summed E-state index contributed by atoms with van der Waals surface area (Å²) in [5.74, 6) is -1.96. The summed E-state index contributed by atoms with van der Waals surface area (Å²) in [6, 6.07) is 6.03. The van der Waals surface area contributed by atoms with Gasteiger partial charge >= 0.3 is 12.4 Å². The third-order valence-corrected chi connectivity index (χ3v) is 3.62. The van der Waals surface area contributed by atoms with Crippen LogP contribution >= 0.6 is 0 Å². The van der Waals surface area contributed by atoms with Crippen LogP contribution in [0, 0.1) is 0 Å². The Morgan fingerprint density at radius 3 is 1.44 bits per heavy atom. The Morgan fingerprint density at radius 1 is 0.680 bits per heavy atom. The van der Waals surface area contributed by atoms with Crippen molar-refractivity contribution in [3.05, 3.63) is 64.7 Å². The van der Waals surface area contributed by atoms with Gasteiger partial charge in [-0.1, -0.05) is 12.1 Å². The normalized spacial score (nSPS) is 14.9. The summed E-state index contributed by atoms with van der Waals surface area (Å²) in [7, 11) is 0. The van der Waals surface area contributed by atoms with Crippen LogP contribution in [0.25, 0.3) is 0 Å². The zero-order valence-electron chi connectivity index (χ0n) is 12.1.